The van der Waals surface area contributed by atoms with Crippen LogP contribution in [0.25, 0.3) is 0 Å². The Kier molecular flexibility index (Phi) is 11.1. The van der Waals surface area contributed by atoms with Gasteiger partial charge in [-0.3, -0.25) is 9.59 Å². The van der Waals surface area contributed by atoms with Gasteiger partial charge in [-0.2, -0.15) is 13.2 Å². The van der Waals surface area contributed by atoms with E-state index in [-0.39, 0.29) is 24.6 Å². The lowest BCUT2D eigenvalue weighted by atomic mass is 10.1. The van der Waals surface area contributed by atoms with E-state index < -0.39 is 17.6 Å². The minimum atomic E-state index is -4.58. The molecule has 7 nitrogen and oxygen atoms in total. The van der Waals surface area contributed by atoms with Gasteiger partial charge >= 0.3 is 6.18 Å². The van der Waals surface area contributed by atoms with Crippen LogP contribution in [0.5, 0.6) is 11.5 Å². The zero-order chi connectivity index (χ0) is 31.0. The predicted molar refractivity (Wildman–Crippen MR) is 161 cm³/mol. The van der Waals surface area contributed by atoms with Crippen molar-refractivity contribution in [3.63, 3.8) is 0 Å². The van der Waals surface area contributed by atoms with Crippen LogP contribution in [0.1, 0.15) is 44.8 Å². The van der Waals surface area contributed by atoms with Crippen LogP contribution in [-0.2, 0) is 23.9 Å². The molecule has 2 aromatic carbocycles. The number of alkyl halides is 3. The van der Waals surface area contributed by atoms with E-state index >= 15 is 0 Å². The monoisotopic (exact) mass is 617 g/mol. The van der Waals surface area contributed by atoms with Crippen LogP contribution in [0, 0.1) is 6.92 Å². The largest absolute Gasteiger partial charge is 0.493 e. The van der Waals surface area contributed by atoms with Crippen molar-refractivity contribution >= 4 is 23.2 Å². The Labute approximate surface area is 254 Å². The molecule has 0 bridgehead atoms. The minimum Gasteiger partial charge on any atom is -0.493 e. The summed E-state index contributed by atoms with van der Waals surface area (Å²) in [4.78, 5) is 33.9. The standard InChI is InChI=1S/C32H38F3N3O4S/c1-23-12-18-43-29(23)21-37(15-11-24-9-10-27(41-2)28(19-24)42-3)30(39)22-38(17-16-36-13-4-5-14-36)31(40)25-7-6-8-26(20-25)32(33,34)35/h6-10,12,18-20H,4-5,11,13-17,21-22H2,1-3H3. The summed E-state index contributed by atoms with van der Waals surface area (Å²) in [6, 6.07) is 12.0. The third-order valence-electron chi connectivity index (χ3n) is 7.71. The van der Waals surface area contributed by atoms with Crippen molar-refractivity contribution in [1.29, 1.82) is 0 Å². The van der Waals surface area contributed by atoms with Crippen LogP contribution in [0.2, 0.25) is 0 Å². The van der Waals surface area contributed by atoms with E-state index in [1.807, 2.05) is 36.6 Å². The number of methoxy groups -OCH3 is 2. The second-order valence-electron chi connectivity index (χ2n) is 10.6. The summed E-state index contributed by atoms with van der Waals surface area (Å²) in [7, 11) is 3.13. The highest BCUT2D eigenvalue weighted by Gasteiger charge is 2.32. The molecule has 0 unspecified atom stereocenters. The summed E-state index contributed by atoms with van der Waals surface area (Å²) in [5.74, 6) is 0.336. The van der Waals surface area contributed by atoms with Crippen molar-refractivity contribution in [3.8, 4) is 11.5 Å². The molecular formula is C32H38F3N3O4S. The van der Waals surface area contributed by atoms with Gasteiger partial charge in [-0.15, -0.1) is 11.3 Å². The third kappa shape index (κ3) is 8.73. The molecule has 1 aliphatic heterocycles. The molecule has 1 aromatic heterocycles. The first-order valence-electron chi connectivity index (χ1n) is 14.3. The number of benzene rings is 2. The number of carbonyl (C=O) groups excluding carboxylic acids is 2. The summed E-state index contributed by atoms with van der Waals surface area (Å²) in [5, 5.41) is 1.97. The molecule has 0 saturated carbocycles. The molecule has 2 heterocycles. The Hall–Kier alpha value is -3.57. The Bertz CT molecular complexity index is 1390. The Morgan fingerprint density at radius 3 is 2.35 bits per heavy atom. The molecular weight excluding hydrogens is 579 g/mol. The fourth-order valence-corrected chi connectivity index (χ4v) is 6.05. The SMILES string of the molecule is COc1ccc(CCN(Cc2sccc2C)C(=O)CN(CCN2CCCC2)C(=O)c2cccc(C(F)(F)F)c2)cc1OC. The first kappa shape index (κ1) is 32.3. The molecule has 1 saturated heterocycles. The fourth-order valence-electron chi connectivity index (χ4n) is 5.13. The molecule has 4 rings (SSSR count). The first-order valence-corrected chi connectivity index (χ1v) is 15.2. The van der Waals surface area contributed by atoms with Gasteiger partial charge in [0, 0.05) is 30.1 Å². The molecule has 0 N–H and O–H groups in total. The van der Waals surface area contributed by atoms with Gasteiger partial charge in [0.1, 0.15) is 6.54 Å². The number of ether oxygens (including phenoxy) is 2. The normalized spacial score (nSPS) is 13.6. The molecule has 0 radical (unpaired) electrons. The highest BCUT2D eigenvalue weighted by molar-refractivity contribution is 7.10. The summed E-state index contributed by atoms with van der Waals surface area (Å²) in [6.07, 6.45) is -1.92. The van der Waals surface area contributed by atoms with Crippen LogP contribution in [0.15, 0.2) is 53.9 Å². The van der Waals surface area contributed by atoms with E-state index in [9.17, 15) is 22.8 Å². The highest BCUT2D eigenvalue weighted by atomic mass is 32.1. The van der Waals surface area contributed by atoms with Gasteiger partial charge in [-0.05, 0) is 92.2 Å². The van der Waals surface area contributed by atoms with Crippen molar-refractivity contribution in [1.82, 2.24) is 14.7 Å². The number of amides is 2. The van der Waals surface area contributed by atoms with E-state index in [4.69, 9.17) is 9.47 Å². The van der Waals surface area contributed by atoms with Crippen LogP contribution in [0.4, 0.5) is 13.2 Å². The van der Waals surface area contributed by atoms with E-state index in [2.05, 4.69) is 4.90 Å². The van der Waals surface area contributed by atoms with Crippen molar-refractivity contribution in [2.45, 2.75) is 38.9 Å². The lowest BCUT2D eigenvalue weighted by molar-refractivity contribution is -0.137. The topological polar surface area (TPSA) is 62.3 Å². The maximum atomic E-state index is 13.9. The number of hydrogen-bond donors (Lipinski definition) is 0. The molecule has 232 valence electrons. The van der Waals surface area contributed by atoms with E-state index in [1.165, 1.54) is 17.0 Å². The smallest absolute Gasteiger partial charge is 0.416 e. The van der Waals surface area contributed by atoms with E-state index in [0.717, 1.165) is 54.1 Å². The van der Waals surface area contributed by atoms with Gasteiger partial charge < -0.3 is 24.2 Å². The van der Waals surface area contributed by atoms with E-state index in [0.29, 0.717) is 37.6 Å². The highest BCUT2D eigenvalue weighted by Crippen LogP contribution is 2.30. The van der Waals surface area contributed by atoms with Gasteiger partial charge in [-0.25, -0.2) is 0 Å². The Morgan fingerprint density at radius 1 is 0.953 bits per heavy atom. The number of carbonyl (C=O) groups is 2. The average Bonchev–Trinajstić information content (AvgIpc) is 3.67. The molecule has 0 atom stereocenters. The first-order chi connectivity index (χ1) is 20.6. The van der Waals surface area contributed by atoms with Crippen LogP contribution in [-0.4, -0.2) is 80.0 Å². The quantitative estimate of drug-likeness (QED) is 0.239. The molecule has 0 aliphatic carbocycles. The molecule has 1 fully saturated rings. The lowest BCUT2D eigenvalue weighted by Gasteiger charge is -2.29. The lowest BCUT2D eigenvalue weighted by Crippen LogP contribution is -2.45. The fraction of sp³-hybridized carbons (Fsp3) is 0.438. The second kappa shape index (κ2) is 14.7. The minimum absolute atomic E-state index is 0.0879. The van der Waals surface area contributed by atoms with Crippen molar-refractivity contribution in [2.24, 2.45) is 0 Å². The van der Waals surface area contributed by atoms with Gasteiger partial charge in [0.05, 0.1) is 26.3 Å². The van der Waals surface area contributed by atoms with Crippen LogP contribution < -0.4 is 9.47 Å². The number of nitrogens with zero attached hydrogens (tertiary/aromatic N) is 3. The number of likely N-dealkylation sites (tertiary alicyclic amines) is 1. The van der Waals surface area contributed by atoms with Gasteiger partial charge in [0.25, 0.3) is 5.91 Å². The van der Waals surface area contributed by atoms with Crippen molar-refractivity contribution in [3.05, 3.63) is 81.0 Å². The second-order valence-corrected chi connectivity index (χ2v) is 11.6. The van der Waals surface area contributed by atoms with Crippen molar-refractivity contribution < 1.29 is 32.2 Å². The molecule has 0 spiro atoms. The van der Waals surface area contributed by atoms with Crippen LogP contribution in [0.3, 0.4) is 0 Å². The number of thiophene rings is 1. The van der Waals surface area contributed by atoms with Gasteiger partial charge in [-0.1, -0.05) is 12.1 Å². The summed E-state index contributed by atoms with van der Waals surface area (Å²) in [6.45, 7) is 5.08. The zero-order valence-electron chi connectivity index (χ0n) is 24.8. The number of rotatable bonds is 13. The molecule has 1 aliphatic rings. The van der Waals surface area contributed by atoms with Gasteiger partial charge in [0.2, 0.25) is 5.91 Å². The Morgan fingerprint density at radius 2 is 1.70 bits per heavy atom. The molecule has 2 amide bonds. The number of aryl methyl sites for hydroxylation is 1. The summed E-state index contributed by atoms with van der Waals surface area (Å²) < 4.78 is 51.0. The van der Waals surface area contributed by atoms with Crippen molar-refractivity contribution in [2.75, 3.05) is 53.5 Å². The van der Waals surface area contributed by atoms with Gasteiger partial charge in [0.15, 0.2) is 11.5 Å². The number of halogens is 3. The third-order valence-corrected chi connectivity index (χ3v) is 8.72. The average molecular weight is 618 g/mol. The van der Waals surface area contributed by atoms with Crippen LogP contribution >= 0.6 is 11.3 Å². The molecule has 11 heteroatoms. The maximum Gasteiger partial charge on any atom is 0.416 e. The van der Waals surface area contributed by atoms with E-state index in [1.54, 1.807) is 30.5 Å². The summed E-state index contributed by atoms with van der Waals surface area (Å²) >= 11 is 1.56. The maximum absolute atomic E-state index is 13.9. The Balaban J connectivity index is 1.56. The summed E-state index contributed by atoms with van der Waals surface area (Å²) in [5.41, 5.74) is 1.04. The zero-order valence-corrected chi connectivity index (χ0v) is 25.6. The molecule has 43 heavy (non-hydrogen) atoms. The molecule has 3 aromatic rings. The number of hydrogen-bond acceptors (Lipinski definition) is 6. The predicted octanol–water partition coefficient (Wildman–Crippen LogP) is 5.90.